The Morgan fingerprint density at radius 1 is 1.17 bits per heavy atom. The standard InChI is InChI=1S/C26H33N3/c1-6-20-15-19(4)26-23(11-12-27-26)24(20)16-29-14-13-28(5)17-25(29)22-9-7-21(8-10-22)18(2)3/h7-12,15,25,27H,2,6,13-14,16-17H2,1,3-5H3. The molecule has 0 spiro atoms. The van der Waals surface area contributed by atoms with E-state index in [9.17, 15) is 0 Å². The van der Waals surface area contributed by atoms with E-state index < -0.39 is 0 Å². The quantitative estimate of drug-likeness (QED) is 0.619. The van der Waals surface area contributed by atoms with E-state index in [1.54, 1.807) is 0 Å². The molecule has 3 aromatic rings. The van der Waals surface area contributed by atoms with Crippen LogP contribution in [-0.2, 0) is 13.0 Å². The Hall–Kier alpha value is -2.36. The molecule has 1 unspecified atom stereocenters. The summed E-state index contributed by atoms with van der Waals surface area (Å²) >= 11 is 0. The van der Waals surface area contributed by atoms with Crippen molar-refractivity contribution in [3.8, 4) is 0 Å². The van der Waals surface area contributed by atoms with E-state index in [1.165, 1.54) is 38.7 Å². The van der Waals surface area contributed by atoms with E-state index in [-0.39, 0.29) is 0 Å². The SMILES string of the molecule is C=C(C)c1ccc(C2CN(C)CCN2Cc2c(CC)cc(C)c3[nH]ccc23)cc1. The molecule has 0 amide bonds. The Labute approximate surface area is 175 Å². The third-order valence-corrected chi connectivity index (χ3v) is 6.47. The Morgan fingerprint density at radius 3 is 2.62 bits per heavy atom. The first kappa shape index (κ1) is 19.9. The molecule has 0 saturated carbocycles. The minimum absolute atomic E-state index is 0.410. The normalized spacial score (nSPS) is 18.4. The number of hydrogen-bond acceptors (Lipinski definition) is 2. The van der Waals surface area contributed by atoms with Crippen LogP contribution in [0.3, 0.4) is 0 Å². The van der Waals surface area contributed by atoms with Crippen LogP contribution in [0.1, 0.15) is 47.7 Å². The molecule has 2 aromatic carbocycles. The summed E-state index contributed by atoms with van der Waals surface area (Å²) in [5, 5.41) is 1.39. The van der Waals surface area contributed by atoms with Gasteiger partial charge in [0.1, 0.15) is 0 Å². The molecule has 0 aliphatic carbocycles. The van der Waals surface area contributed by atoms with Gasteiger partial charge < -0.3 is 9.88 Å². The van der Waals surface area contributed by atoms with Gasteiger partial charge in [-0.05, 0) is 61.2 Å². The van der Waals surface area contributed by atoms with E-state index >= 15 is 0 Å². The van der Waals surface area contributed by atoms with Gasteiger partial charge in [-0.15, -0.1) is 0 Å². The number of likely N-dealkylation sites (N-methyl/N-ethyl adjacent to an activating group) is 1. The minimum Gasteiger partial charge on any atom is -0.361 e. The maximum atomic E-state index is 4.08. The molecule has 1 atom stereocenters. The summed E-state index contributed by atoms with van der Waals surface area (Å²) in [6.45, 7) is 14.9. The number of fused-ring (bicyclic) bond motifs is 1. The highest BCUT2D eigenvalue weighted by Crippen LogP contribution is 2.32. The van der Waals surface area contributed by atoms with Crippen molar-refractivity contribution in [2.75, 3.05) is 26.7 Å². The minimum atomic E-state index is 0.410. The summed E-state index contributed by atoms with van der Waals surface area (Å²) in [4.78, 5) is 8.58. The molecule has 1 aliphatic heterocycles. The number of nitrogens with zero attached hydrogens (tertiary/aromatic N) is 2. The molecule has 4 rings (SSSR count). The Bertz CT molecular complexity index is 1010. The van der Waals surface area contributed by atoms with Gasteiger partial charge in [0.15, 0.2) is 0 Å². The fraction of sp³-hybridized carbons (Fsp3) is 0.385. The van der Waals surface area contributed by atoms with Crippen LogP contribution in [0.5, 0.6) is 0 Å². The molecule has 3 heteroatoms. The number of rotatable bonds is 5. The maximum absolute atomic E-state index is 4.08. The van der Waals surface area contributed by atoms with Gasteiger partial charge in [-0.2, -0.15) is 0 Å². The van der Waals surface area contributed by atoms with E-state index in [0.717, 1.165) is 38.2 Å². The Kier molecular flexibility index (Phi) is 5.62. The summed E-state index contributed by atoms with van der Waals surface area (Å²) < 4.78 is 0. The van der Waals surface area contributed by atoms with Crippen molar-refractivity contribution in [3.05, 3.63) is 77.0 Å². The van der Waals surface area contributed by atoms with E-state index in [1.807, 2.05) is 0 Å². The Morgan fingerprint density at radius 2 is 1.93 bits per heavy atom. The molecule has 1 N–H and O–H groups in total. The van der Waals surface area contributed by atoms with Crippen molar-refractivity contribution in [1.82, 2.24) is 14.8 Å². The molecule has 1 saturated heterocycles. The summed E-state index contributed by atoms with van der Waals surface area (Å²) in [5.74, 6) is 0. The topological polar surface area (TPSA) is 22.3 Å². The lowest BCUT2D eigenvalue weighted by atomic mass is 9.95. The Balaban J connectivity index is 1.69. The fourth-order valence-corrected chi connectivity index (χ4v) is 4.70. The van der Waals surface area contributed by atoms with Crippen LogP contribution >= 0.6 is 0 Å². The molecular formula is C26H33N3. The van der Waals surface area contributed by atoms with Gasteiger partial charge in [0, 0.05) is 49.3 Å². The lowest BCUT2D eigenvalue weighted by Crippen LogP contribution is -2.46. The second-order valence-electron chi connectivity index (χ2n) is 8.60. The largest absolute Gasteiger partial charge is 0.361 e. The number of hydrogen-bond donors (Lipinski definition) is 1. The van der Waals surface area contributed by atoms with Crippen LogP contribution in [0.4, 0.5) is 0 Å². The molecule has 1 aliphatic rings. The van der Waals surface area contributed by atoms with E-state index in [2.05, 4.69) is 91.8 Å². The predicted octanol–water partition coefficient (Wildman–Crippen LogP) is 5.56. The van der Waals surface area contributed by atoms with Gasteiger partial charge in [-0.3, -0.25) is 4.90 Å². The molecule has 3 nitrogen and oxygen atoms in total. The number of benzene rings is 2. The summed E-state index contributed by atoms with van der Waals surface area (Å²) in [5.41, 5.74) is 9.34. The lowest BCUT2D eigenvalue weighted by Gasteiger charge is -2.41. The van der Waals surface area contributed by atoms with Crippen LogP contribution in [0, 0.1) is 6.92 Å². The molecule has 152 valence electrons. The van der Waals surface area contributed by atoms with Crippen LogP contribution in [0.25, 0.3) is 16.5 Å². The zero-order chi connectivity index (χ0) is 20.5. The molecule has 1 fully saturated rings. The molecule has 0 radical (unpaired) electrons. The number of aromatic amines is 1. The number of nitrogens with one attached hydrogen (secondary N) is 1. The summed E-state index contributed by atoms with van der Waals surface area (Å²) in [6.07, 6.45) is 3.15. The van der Waals surface area contributed by atoms with Crippen LogP contribution < -0.4 is 0 Å². The van der Waals surface area contributed by atoms with Gasteiger partial charge >= 0.3 is 0 Å². The zero-order valence-electron chi connectivity index (χ0n) is 18.3. The fourth-order valence-electron chi connectivity index (χ4n) is 4.70. The van der Waals surface area contributed by atoms with Gasteiger partial charge in [-0.25, -0.2) is 0 Å². The predicted molar refractivity (Wildman–Crippen MR) is 124 cm³/mol. The lowest BCUT2D eigenvalue weighted by molar-refractivity contribution is 0.0835. The van der Waals surface area contributed by atoms with E-state index in [4.69, 9.17) is 0 Å². The van der Waals surface area contributed by atoms with Crippen LogP contribution in [0.15, 0.2) is 49.2 Å². The van der Waals surface area contributed by atoms with Crippen LogP contribution in [0.2, 0.25) is 0 Å². The van der Waals surface area contributed by atoms with Crippen LogP contribution in [-0.4, -0.2) is 41.5 Å². The van der Waals surface area contributed by atoms with Crippen molar-refractivity contribution in [1.29, 1.82) is 0 Å². The average molecular weight is 388 g/mol. The van der Waals surface area contributed by atoms with Crippen molar-refractivity contribution < 1.29 is 0 Å². The molecule has 29 heavy (non-hydrogen) atoms. The number of H-pyrrole nitrogens is 1. The first-order chi connectivity index (χ1) is 14.0. The maximum Gasteiger partial charge on any atom is 0.0487 e. The summed E-state index contributed by atoms with van der Waals surface area (Å²) in [7, 11) is 2.24. The molecular weight excluding hydrogens is 354 g/mol. The van der Waals surface area contributed by atoms with E-state index in [0.29, 0.717) is 6.04 Å². The number of aromatic nitrogens is 1. The monoisotopic (exact) mass is 387 g/mol. The van der Waals surface area contributed by atoms with Gasteiger partial charge in [0.25, 0.3) is 0 Å². The number of allylic oxidation sites excluding steroid dienone is 1. The first-order valence-corrected chi connectivity index (χ1v) is 10.7. The molecule has 1 aromatic heterocycles. The van der Waals surface area contributed by atoms with Crippen molar-refractivity contribution in [2.45, 2.75) is 39.8 Å². The second kappa shape index (κ2) is 8.17. The molecule has 2 heterocycles. The highest BCUT2D eigenvalue weighted by atomic mass is 15.3. The number of piperazine rings is 1. The van der Waals surface area contributed by atoms with Gasteiger partial charge in [0.05, 0.1) is 0 Å². The smallest absolute Gasteiger partial charge is 0.0487 e. The third kappa shape index (κ3) is 3.90. The first-order valence-electron chi connectivity index (χ1n) is 10.7. The zero-order valence-corrected chi connectivity index (χ0v) is 18.3. The highest BCUT2D eigenvalue weighted by molar-refractivity contribution is 5.87. The van der Waals surface area contributed by atoms with Crippen molar-refractivity contribution in [3.63, 3.8) is 0 Å². The van der Waals surface area contributed by atoms with Crippen molar-refractivity contribution >= 4 is 16.5 Å². The van der Waals surface area contributed by atoms with Gasteiger partial charge in [0.2, 0.25) is 0 Å². The number of aryl methyl sites for hydroxylation is 2. The van der Waals surface area contributed by atoms with Gasteiger partial charge in [-0.1, -0.05) is 49.4 Å². The highest BCUT2D eigenvalue weighted by Gasteiger charge is 2.28. The van der Waals surface area contributed by atoms with Crippen molar-refractivity contribution in [2.24, 2.45) is 0 Å². The third-order valence-electron chi connectivity index (χ3n) is 6.47. The molecule has 0 bridgehead atoms. The summed E-state index contributed by atoms with van der Waals surface area (Å²) in [6, 6.07) is 14.1. The second-order valence-corrected chi connectivity index (χ2v) is 8.60. The average Bonchev–Trinajstić information content (AvgIpc) is 3.21.